The van der Waals surface area contributed by atoms with Gasteiger partial charge in [-0.15, -0.1) is 0 Å². The fourth-order valence-corrected chi connectivity index (χ4v) is 2.71. The van der Waals surface area contributed by atoms with Crippen molar-refractivity contribution in [1.82, 2.24) is 5.32 Å². The van der Waals surface area contributed by atoms with Gasteiger partial charge in [-0.3, -0.25) is 4.79 Å². The van der Waals surface area contributed by atoms with Gasteiger partial charge in [-0.1, -0.05) is 20.8 Å². The monoisotopic (exact) mass is 227 g/mol. The second-order valence-corrected chi connectivity index (χ2v) is 5.77. The molecule has 3 heteroatoms. The molecule has 0 bridgehead atoms. The van der Waals surface area contributed by atoms with Gasteiger partial charge in [0, 0.05) is 12.6 Å². The maximum absolute atomic E-state index is 11.0. The maximum atomic E-state index is 11.0. The molecule has 0 radical (unpaired) electrons. The summed E-state index contributed by atoms with van der Waals surface area (Å²) in [6, 6.07) is 0.567. The van der Waals surface area contributed by atoms with Crippen molar-refractivity contribution in [3.8, 4) is 0 Å². The van der Waals surface area contributed by atoms with Crippen LogP contribution in [0, 0.1) is 11.3 Å². The van der Waals surface area contributed by atoms with E-state index in [0.29, 0.717) is 23.8 Å². The summed E-state index contributed by atoms with van der Waals surface area (Å²) >= 11 is 0. The second-order valence-electron chi connectivity index (χ2n) is 5.77. The Labute approximate surface area is 98.9 Å². The molecule has 1 saturated carbocycles. The molecular weight excluding hydrogens is 202 g/mol. The fourth-order valence-electron chi connectivity index (χ4n) is 2.71. The standard InChI is InChI=1S/C13H25NO2/c1-10-9-13(2,3)7-5-11(10)14-8-6-12(15)16-4/h10-11,14H,5-9H2,1-4H3. The van der Waals surface area contributed by atoms with Crippen LogP contribution in [-0.2, 0) is 9.53 Å². The quantitative estimate of drug-likeness (QED) is 0.749. The van der Waals surface area contributed by atoms with Gasteiger partial charge in [-0.2, -0.15) is 0 Å². The lowest BCUT2D eigenvalue weighted by Gasteiger charge is -2.39. The van der Waals surface area contributed by atoms with Crippen LogP contribution in [0.4, 0.5) is 0 Å². The third-order valence-corrected chi connectivity index (χ3v) is 3.66. The summed E-state index contributed by atoms with van der Waals surface area (Å²) in [7, 11) is 1.44. The van der Waals surface area contributed by atoms with Gasteiger partial charge in [0.05, 0.1) is 13.5 Å². The van der Waals surface area contributed by atoms with E-state index in [1.807, 2.05) is 0 Å². The van der Waals surface area contributed by atoms with E-state index in [1.165, 1.54) is 26.4 Å². The van der Waals surface area contributed by atoms with Crippen molar-refractivity contribution in [2.24, 2.45) is 11.3 Å². The number of esters is 1. The summed E-state index contributed by atoms with van der Waals surface area (Å²) < 4.78 is 4.62. The predicted molar refractivity (Wildman–Crippen MR) is 65.2 cm³/mol. The Hall–Kier alpha value is -0.570. The van der Waals surface area contributed by atoms with E-state index in [9.17, 15) is 4.79 Å². The van der Waals surface area contributed by atoms with Crippen LogP contribution in [0.1, 0.15) is 46.5 Å². The van der Waals surface area contributed by atoms with Crippen LogP contribution in [0.2, 0.25) is 0 Å². The second kappa shape index (κ2) is 5.67. The first kappa shape index (κ1) is 13.5. The molecule has 1 aliphatic carbocycles. The molecule has 1 fully saturated rings. The van der Waals surface area contributed by atoms with Gasteiger partial charge in [0.2, 0.25) is 0 Å². The lowest BCUT2D eigenvalue weighted by atomic mass is 9.70. The Balaban J connectivity index is 2.26. The number of rotatable bonds is 4. The minimum absolute atomic E-state index is 0.128. The van der Waals surface area contributed by atoms with Crippen molar-refractivity contribution in [2.75, 3.05) is 13.7 Å². The molecule has 0 spiro atoms. The molecule has 0 heterocycles. The van der Waals surface area contributed by atoms with Crippen molar-refractivity contribution < 1.29 is 9.53 Å². The van der Waals surface area contributed by atoms with Crippen LogP contribution >= 0.6 is 0 Å². The van der Waals surface area contributed by atoms with Crippen LogP contribution in [0.15, 0.2) is 0 Å². The van der Waals surface area contributed by atoms with Crippen LogP contribution in [0.5, 0.6) is 0 Å². The van der Waals surface area contributed by atoms with Crippen LogP contribution in [-0.4, -0.2) is 25.7 Å². The molecule has 1 aliphatic rings. The van der Waals surface area contributed by atoms with Gasteiger partial charge in [0.25, 0.3) is 0 Å². The zero-order valence-corrected chi connectivity index (χ0v) is 11.0. The zero-order chi connectivity index (χ0) is 12.2. The number of nitrogens with one attached hydrogen (secondary N) is 1. The largest absolute Gasteiger partial charge is 0.469 e. The fraction of sp³-hybridized carbons (Fsp3) is 0.923. The molecule has 0 saturated heterocycles. The Kier molecular flexibility index (Phi) is 4.78. The molecule has 1 N–H and O–H groups in total. The first-order valence-electron chi connectivity index (χ1n) is 6.25. The van der Waals surface area contributed by atoms with E-state index in [1.54, 1.807) is 0 Å². The van der Waals surface area contributed by atoms with E-state index in [0.717, 1.165) is 6.54 Å². The smallest absolute Gasteiger partial charge is 0.306 e. The normalized spacial score (nSPS) is 28.8. The minimum atomic E-state index is -0.128. The summed E-state index contributed by atoms with van der Waals surface area (Å²) in [5.74, 6) is 0.567. The van der Waals surface area contributed by atoms with Crippen molar-refractivity contribution in [3.05, 3.63) is 0 Å². The van der Waals surface area contributed by atoms with Gasteiger partial charge in [0.15, 0.2) is 0 Å². The molecule has 0 aromatic carbocycles. The van der Waals surface area contributed by atoms with Crippen molar-refractivity contribution in [2.45, 2.75) is 52.5 Å². The van der Waals surface area contributed by atoms with Gasteiger partial charge < -0.3 is 10.1 Å². The third-order valence-electron chi connectivity index (χ3n) is 3.66. The first-order valence-corrected chi connectivity index (χ1v) is 6.25. The Morgan fingerprint density at radius 1 is 1.50 bits per heavy atom. The first-order chi connectivity index (χ1) is 7.44. The van der Waals surface area contributed by atoms with E-state index in [-0.39, 0.29) is 5.97 Å². The molecule has 2 atom stereocenters. The number of hydrogen-bond donors (Lipinski definition) is 1. The molecule has 0 amide bonds. The number of methoxy groups -OCH3 is 1. The summed E-state index contributed by atoms with van der Waals surface area (Å²) in [6.07, 6.45) is 4.23. The average Bonchev–Trinajstić information content (AvgIpc) is 2.20. The highest BCUT2D eigenvalue weighted by Crippen LogP contribution is 2.38. The molecule has 0 aliphatic heterocycles. The summed E-state index contributed by atoms with van der Waals surface area (Å²) in [5, 5.41) is 3.47. The predicted octanol–water partition coefficient (Wildman–Crippen LogP) is 2.35. The lowest BCUT2D eigenvalue weighted by Crippen LogP contribution is -2.42. The van der Waals surface area contributed by atoms with Gasteiger partial charge in [-0.05, 0) is 30.6 Å². The highest BCUT2D eigenvalue weighted by atomic mass is 16.5. The van der Waals surface area contributed by atoms with Gasteiger partial charge in [0.1, 0.15) is 0 Å². The van der Waals surface area contributed by atoms with Gasteiger partial charge in [-0.25, -0.2) is 0 Å². The molecule has 1 rings (SSSR count). The van der Waals surface area contributed by atoms with E-state index in [2.05, 4.69) is 30.8 Å². The van der Waals surface area contributed by atoms with E-state index in [4.69, 9.17) is 0 Å². The Bertz CT molecular complexity index is 238. The summed E-state index contributed by atoms with van der Waals surface area (Å²) in [6.45, 7) is 7.72. The van der Waals surface area contributed by atoms with Crippen LogP contribution in [0.3, 0.4) is 0 Å². The SMILES string of the molecule is COC(=O)CCNC1CCC(C)(C)CC1C. The van der Waals surface area contributed by atoms with Gasteiger partial charge >= 0.3 is 5.97 Å². The highest BCUT2D eigenvalue weighted by Gasteiger charge is 2.31. The number of carbonyl (C=O) groups is 1. The topological polar surface area (TPSA) is 38.3 Å². The molecular formula is C13H25NO2. The zero-order valence-electron chi connectivity index (χ0n) is 11.0. The number of carbonyl (C=O) groups excluding carboxylic acids is 1. The summed E-state index contributed by atoms with van der Waals surface area (Å²) in [4.78, 5) is 11.0. The third kappa shape index (κ3) is 4.12. The van der Waals surface area contributed by atoms with Crippen molar-refractivity contribution in [3.63, 3.8) is 0 Å². The number of ether oxygens (including phenoxy) is 1. The molecule has 16 heavy (non-hydrogen) atoms. The molecule has 0 aromatic rings. The van der Waals surface area contributed by atoms with Crippen molar-refractivity contribution in [1.29, 1.82) is 0 Å². The Morgan fingerprint density at radius 2 is 2.19 bits per heavy atom. The molecule has 0 aromatic heterocycles. The Morgan fingerprint density at radius 3 is 2.75 bits per heavy atom. The highest BCUT2D eigenvalue weighted by molar-refractivity contribution is 5.69. The molecule has 3 nitrogen and oxygen atoms in total. The molecule has 2 unspecified atom stereocenters. The van der Waals surface area contributed by atoms with Crippen LogP contribution < -0.4 is 5.32 Å². The maximum Gasteiger partial charge on any atom is 0.306 e. The molecule has 94 valence electrons. The minimum Gasteiger partial charge on any atom is -0.469 e. The van der Waals surface area contributed by atoms with Crippen molar-refractivity contribution >= 4 is 5.97 Å². The van der Waals surface area contributed by atoms with E-state index < -0.39 is 0 Å². The average molecular weight is 227 g/mol. The number of hydrogen-bond acceptors (Lipinski definition) is 3. The lowest BCUT2D eigenvalue weighted by molar-refractivity contribution is -0.140. The summed E-state index contributed by atoms with van der Waals surface area (Å²) in [5.41, 5.74) is 0.486. The van der Waals surface area contributed by atoms with Crippen LogP contribution in [0.25, 0.3) is 0 Å². The van der Waals surface area contributed by atoms with E-state index >= 15 is 0 Å².